The number of hydrogen-bond donors (Lipinski definition) is 1. The van der Waals surface area contributed by atoms with Crippen LogP contribution in [0, 0.1) is 0 Å². The van der Waals surface area contributed by atoms with Crippen LogP contribution in [-0.2, 0) is 34.1 Å². The van der Waals surface area contributed by atoms with E-state index in [1.807, 2.05) is 18.2 Å². The minimum absolute atomic E-state index is 0.0388. The van der Waals surface area contributed by atoms with Gasteiger partial charge in [0.1, 0.15) is 5.00 Å². The Balaban J connectivity index is 1.65. The lowest BCUT2D eigenvalue weighted by Crippen LogP contribution is -2.30. The molecule has 0 saturated heterocycles. The lowest BCUT2D eigenvalue weighted by molar-refractivity contribution is 0.0526. The lowest BCUT2D eigenvalue weighted by Gasteiger charge is -2.27. The first kappa shape index (κ1) is 24.1. The smallest absolute Gasteiger partial charge is 0.341 e. The minimum Gasteiger partial charge on any atom is -0.462 e. The van der Waals surface area contributed by atoms with Crippen molar-refractivity contribution in [3.63, 3.8) is 0 Å². The molecule has 1 aliphatic rings. The Labute approximate surface area is 203 Å². The van der Waals surface area contributed by atoms with Crippen LogP contribution in [0.25, 0.3) is 0 Å². The number of hydrogen-bond acceptors (Lipinski definition) is 7. The Morgan fingerprint density at radius 2 is 1.79 bits per heavy atom. The number of thiophene rings is 1. The van der Waals surface area contributed by atoms with Gasteiger partial charge in [-0.15, -0.1) is 11.3 Å². The zero-order valence-corrected chi connectivity index (χ0v) is 20.7. The second-order valence-corrected chi connectivity index (χ2v) is 11.2. The standard InChI is InChI=1S/C25H26N2O5S2/c1-3-32-25(29)22-18-13-14-27(15-17-9-5-4-6-10-17)16-20(18)33-24(22)26-23(28)19-11-7-8-12-21(19)34(2,30)31/h4-12H,3,13-16H2,1-2H3,(H,26,28). The van der Waals surface area contributed by atoms with Gasteiger partial charge in [0.15, 0.2) is 9.84 Å². The number of anilines is 1. The number of amides is 1. The number of esters is 1. The van der Waals surface area contributed by atoms with Crippen molar-refractivity contribution >= 4 is 38.1 Å². The van der Waals surface area contributed by atoms with Gasteiger partial charge in [-0.1, -0.05) is 42.5 Å². The van der Waals surface area contributed by atoms with E-state index in [1.165, 1.54) is 29.0 Å². The van der Waals surface area contributed by atoms with Crippen LogP contribution >= 0.6 is 11.3 Å². The molecule has 1 N–H and O–H groups in total. The molecule has 2 heterocycles. The second-order valence-electron chi connectivity index (χ2n) is 8.10. The van der Waals surface area contributed by atoms with Crippen molar-refractivity contribution in [3.8, 4) is 0 Å². The molecule has 0 fully saturated rings. The largest absolute Gasteiger partial charge is 0.462 e. The Hall–Kier alpha value is -3.01. The number of rotatable bonds is 7. The maximum Gasteiger partial charge on any atom is 0.341 e. The van der Waals surface area contributed by atoms with Gasteiger partial charge < -0.3 is 10.1 Å². The Morgan fingerprint density at radius 3 is 2.50 bits per heavy atom. The molecule has 4 rings (SSSR count). The third-order valence-electron chi connectivity index (χ3n) is 5.62. The maximum absolute atomic E-state index is 13.1. The summed E-state index contributed by atoms with van der Waals surface area (Å²) in [4.78, 5) is 29.2. The van der Waals surface area contributed by atoms with Crippen molar-refractivity contribution in [3.05, 3.63) is 81.7 Å². The summed E-state index contributed by atoms with van der Waals surface area (Å²) in [6, 6.07) is 16.2. The molecule has 34 heavy (non-hydrogen) atoms. The van der Waals surface area contributed by atoms with Gasteiger partial charge >= 0.3 is 5.97 Å². The summed E-state index contributed by atoms with van der Waals surface area (Å²) in [5.74, 6) is -1.06. The normalized spacial score (nSPS) is 13.8. The molecule has 7 nitrogen and oxygen atoms in total. The van der Waals surface area contributed by atoms with Crippen LogP contribution in [0.1, 0.15) is 43.6 Å². The van der Waals surface area contributed by atoms with Crippen LogP contribution in [-0.4, -0.2) is 44.6 Å². The van der Waals surface area contributed by atoms with Crippen molar-refractivity contribution < 1.29 is 22.7 Å². The predicted molar refractivity (Wildman–Crippen MR) is 132 cm³/mol. The van der Waals surface area contributed by atoms with Gasteiger partial charge in [-0.25, -0.2) is 13.2 Å². The van der Waals surface area contributed by atoms with E-state index >= 15 is 0 Å². The predicted octanol–water partition coefficient (Wildman–Crippen LogP) is 4.14. The Kier molecular flexibility index (Phi) is 7.16. The number of nitrogens with zero attached hydrogens (tertiary/aromatic N) is 1. The maximum atomic E-state index is 13.1. The van der Waals surface area contributed by atoms with E-state index < -0.39 is 21.7 Å². The Morgan fingerprint density at radius 1 is 1.09 bits per heavy atom. The van der Waals surface area contributed by atoms with Gasteiger partial charge in [-0.05, 0) is 36.6 Å². The van der Waals surface area contributed by atoms with Crippen LogP contribution in [0.15, 0.2) is 59.5 Å². The molecule has 1 aromatic heterocycles. The summed E-state index contributed by atoms with van der Waals surface area (Å²) in [5, 5.41) is 3.18. The number of carbonyl (C=O) groups is 2. The zero-order valence-electron chi connectivity index (χ0n) is 19.0. The van der Waals surface area contributed by atoms with E-state index in [2.05, 4.69) is 22.3 Å². The Bertz CT molecular complexity index is 1320. The molecule has 0 atom stereocenters. The van der Waals surface area contributed by atoms with E-state index in [0.29, 0.717) is 23.5 Å². The van der Waals surface area contributed by atoms with Crippen LogP contribution in [0.4, 0.5) is 5.00 Å². The van der Waals surface area contributed by atoms with Gasteiger partial charge in [-0.3, -0.25) is 9.69 Å². The number of nitrogens with one attached hydrogen (secondary N) is 1. The molecular formula is C25H26N2O5S2. The van der Waals surface area contributed by atoms with Crippen molar-refractivity contribution in [2.45, 2.75) is 31.3 Å². The molecule has 1 amide bonds. The first-order chi connectivity index (χ1) is 16.3. The summed E-state index contributed by atoms with van der Waals surface area (Å²) in [7, 11) is -3.60. The quantitative estimate of drug-likeness (QED) is 0.492. The van der Waals surface area contributed by atoms with Crippen molar-refractivity contribution in [2.75, 3.05) is 24.7 Å². The number of ether oxygens (including phenoxy) is 1. The first-order valence-electron chi connectivity index (χ1n) is 11.0. The van der Waals surface area contributed by atoms with Gasteiger partial charge in [0.2, 0.25) is 0 Å². The summed E-state index contributed by atoms with van der Waals surface area (Å²) in [6.45, 7) is 4.16. The fourth-order valence-corrected chi connectivity index (χ4v) is 6.25. The highest BCUT2D eigenvalue weighted by atomic mass is 32.2. The first-order valence-corrected chi connectivity index (χ1v) is 13.7. The average Bonchev–Trinajstić information content (AvgIpc) is 3.16. The molecule has 0 radical (unpaired) electrons. The highest BCUT2D eigenvalue weighted by molar-refractivity contribution is 7.90. The molecule has 0 spiro atoms. The highest BCUT2D eigenvalue weighted by Gasteiger charge is 2.30. The fourth-order valence-electron chi connectivity index (χ4n) is 4.09. The van der Waals surface area contributed by atoms with Crippen molar-refractivity contribution in [2.24, 2.45) is 0 Å². The number of carbonyl (C=O) groups excluding carboxylic acids is 2. The van der Waals surface area contributed by atoms with Crippen LogP contribution < -0.4 is 5.32 Å². The van der Waals surface area contributed by atoms with Gasteiger partial charge in [0.05, 0.1) is 22.6 Å². The average molecular weight is 499 g/mol. The van der Waals surface area contributed by atoms with Gasteiger partial charge in [0.25, 0.3) is 5.91 Å². The zero-order chi connectivity index (χ0) is 24.3. The number of fused-ring (bicyclic) bond motifs is 1. The van der Waals surface area contributed by atoms with E-state index in [-0.39, 0.29) is 17.1 Å². The SMILES string of the molecule is CCOC(=O)c1c(NC(=O)c2ccccc2S(C)(=O)=O)sc2c1CCN(Cc1ccccc1)C2. The fraction of sp³-hybridized carbons (Fsp3) is 0.280. The minimum atomic E-state index is -3.60. The van der Waals surface area contributed by atoms with E-state index in [1.54, 1.807) is 19.1 Å². The van der Waals surface area contributed by atoms with Crippen molar-refractivity contribution in [1.29, 1.82) is 0 Å². The summed E-state index contributed by atoms with van der Waals surface area (Å²) in [5.41, 5.74) is 2.50. The van der Waals surface area contributed by atoms with Crippen LogP contribution in [0.5, 0.6) is 0 Å². The monoisotopic (exact) mass is 498 g/mol. The van der Waals surface area contributed by atoms with Gasteiger partial charge in [0, 0.05) is 30.8 Å². The second kappa shape index (κ2) is 10.1. The topological polar surface area (TPSA) is 92.8 Å². The van der Waals surface area contributed by atoms with E-state index in [9.17, 15) is 18.0 Å². The molecule has 0 saturated carbocycles. The third kappa shape index (κ3) is 5.22. The number of benzene rings is 2. The summed E-state index contributed by atoms with van der Waals surface area (Å²) >= 11 is 1.34. The summed E-state index contributed by atoms with van der Waals surface area (Å²) in [6.07, 6.45) is 1.72. The highest BCUT2D eigenvalue weighted by Crippen LogP contribution is 2.38. The van der Waals surface area contributed by atoms with Gasteiger partial charge in [-0.2, -0.15) is 0 Å². The molecule has 2 aromatic carbocycles. The van der Waals surface area contributed by atoms with E-state index in [4.69, 9.17) is 4.74 Å². The molecule has 178 valence electrons. The number of sulfone groups is 1. The molecule has 0 bridgehead atoms. The third-order valence-corrected chi connectivity index (χ3v) is 7.91. The molecule has 0 aliphatic carbocycles. The lowest BCUT2D eigenvalue weighted by atomic mass is 10.0. The van der Waals surface area contributed by atoms with Crippen molar-refractivity contribution in [1.82, 2.24) is 4.90 Å². The summed E-state index contributed by atoms with van der Waals surface area (Å²) < 4.78 is 29.6. The molecular weight excluding hydrogens is 472 g/mol. The van der Waals surface area contributed by atoms with E-state index in [0.717, 1.165) is 29.8 Å². The molecule has 3 aromatic rings. The van der Waals surface area contributed by atoms with Crippen LogP contribution in [0.2, 0.25) is 0 Å². The molecule has 1 aliphatic heterocycles. The molecule has 0 unspecified atom stereocenters. The van der Waals surface area contributed by atoms with Crippen LogP contribution in [0.3, 0.4) is 0 Å². The molecule has 9 heteroatoms.